The Kier molecular flexibility index (Phi) is 7.57. The van der Waals surface area contributed by atoms with E-state index in [0.717, 1.165) is 0 Å². The van der Waals surface area contributed by atoms with Crippen molar-refractivity contribution < 1.29 is 19.7 Å². The van der Waals surface area contributed by atoms with Crippen LogP contribution in [-0.2, 0) is 9.53 Å². The number of hydrogen-bond acceptors (Lipinski definition) is 5. The molecule has 0 aromatic rings. The van der Waals surface area contributed by atoms with Gasteiger partial charge in [0.1, 0.15) is 0 Å². The maximum atomic E-state index is 10.8. The Morgan fingerprint density at radius 2 is 2.08 bits per heavy atom. The lowest BCUT2D eigenvalue weighted by molar-refractivity contribution is -0.143. The Morgan fingerprint density at radius 1 is 1.46 bits per heavy atom. The van der Waals surface area contributed by atoms with Crippen molar-refractivity contribution in [2.75, 3.05) is 26.4 Å². The largest absolute Gasteiger partial charge is 0.466 e. The van der Waals surface area contributed by atoms with Crippen molar-refractivity contribution in [3.8, 4) is 0 Å². The third-order valence-corrected chi connectivity index (χ3v) is 1.51. The maximum absolute atomic E-state index is 10.8. The van der Waals surface area contributed by atoms with Crippen LogP contribution < -0.4 is 5.32 Å². The number of carbonyl (C=O) groups is 1. The molecule has 78 valence electrons. The van der Waals surface area contributed by atoms with Crippen LogP contribution in [0, 0.1) is 0 Å². The first-order valence-corrected chi connectivity index (χ1v) is 4.35. The fraction of sp³-hybridized carbons (Fsp3) is 0.875. The number of aliphatic hydroxyl groups is 2. The van der Waals surface area contributed by atoms with E-state index < -0.39 is 0 Å². The molecule has 13 heavy (non-hydrogen) atoms. The zero-order chi connectivity index (χ0) is 10.1. The van der Waals surface area contributed by atoms with Crippen LogP contribution in [0.5, 0.6) is 0 Å². The van der Waals surface area contributed by atoms with E-state index in [2.05, 4.69) is 10.1 Å². The predicted octanol–water partition coefficient (Wildman–Crippen LogP) is -1.12. The summed E-state index contributed by atoms with van der Waals surface area (Å²) >= 11 is 0. The highest BCUT2D eigenvalue weighted by Gasteiger charge is 2.06. The van der Waals surface area contributed by atoms with E-state index in [0.29, 0.717) is 13.2 Å². The van der Waals surface area contributed by atoms with E-state index in [1.807, 2.05) is 0 Å². The van der Waals surface area contributed by atoms with Crippen LogP contribution in [0.2, 0.25) is 0 Å². The maximum Gasteiger partial charge on any atom is 0.307 e. The first-order valence-electron chi connectivity index (χ1n) is 4.35. The normalized spacial score (nSPS) is 10.5. The summed E-state index contributed by atoms with van der Waals surface area (Å²) < 4.78 is 4.69. The summed E-state index contributed by atoms with van der Waals surface area (Å²) in [5.41, 5.74) is 0. The highest BCUT2D eigenvalue weighted by molar-refractivity contribution is 5.69. The highest BCUT2D eigenvalue weighted by Crippen LogP contribution is 1.86. The van der Waals surface area contributed by atoms with E-state index in [-0.39, 0.29) is 31.6 Å². The van der Waals surface area contributed by atoms with Gasteiger partial charge in [0.2, 0.25) is 0 Å². The molecule has 0 saturated carbocycles. The number of hydrogen-bond donors (Lipinski definition) is 3. The number of carbonyl (C=O) groups excluding carboxylic acids is 1. The molecular formula is C8H17NO4. The third kappa shape index (κ3) is 6.51. The molecule has 0 heterocycles. The first kappa shape index (κ1) is 12.3. The Balaban J connectivity index is 3.37. The van der Waals surface area contributed by atoms with E-state index in [1.54, 1.807) is 6.92 Å². The second-order valence-electron chi connectivity index (χ2n) is 2.57. The number of esters is 1. The quantitative estimate of drug-likeness (QED) is 0.444. The molecule has 0 aromatic carbocycles. The predicted molar refractivity (Wildman–Crippen MR) is 47.2 cm³/mol. The van der Waals surface area contributed by atoms with Crippen LogP contribution in [-0.4, -0.2) is 48.6 Å². The van der Waals surface area contributed by atoms with E-state index in [9.17, 15) is 4.79 Å². The zero-order valence-corrected chi connectivity index (χ0v) is 7.82. The zero-order valence-electron chi connectivity index (χ0n) is 7.82. The van der Waals surface area contributed by atoms with Crippen LogP contribution in [0.25, 0.3) is 0 Å². The van der Waals surface area contributed by atoms with Crippen molar-refractivity contribution in [2.24, 2.45) is 0 Å². The molecule has 0 atom stereocenters. The van der Waals surface area contributed by atoms with Gasteiger partial charge in [0.25, 0.3) is 0 Å². The second-order valence-corrected chi connectivity index (χ2v) is 2.57. The molecule has 0 radical (unpaired) electrons. The van der Waals surface area contributed by atoms with Crippen LogP contribution in [0.1, 0.15) is 13.3 Å². The molecule has 0 saturated heterocycles. The third-order valence-electron chi connectivity index (χ3n) is 1.51. The van der Waals surface area contributed by atoms with Crippen molar-refractivity contribution >= 4 is 5.97 Å². The van der Waals surface area contributed by atoms with Crippen molar-refractivity contribution in [1.82, 2.24) is 5.32 Å². The molecule has 5 heteroatoms. The lowest BCUT2D eigenvalue weighted by Crippen LogP contribution is -2.37. The lowest BCUT2D eigenvalue weighted by Gasteiger charge is -2.12. The molecule has 5 nitrogen and oxygen atoms in total. The number of aliphatic hydroxyl groups excluding tert-OH is 2. The van der Waals surface area contributed by atoms with Gasteiger partial charge in [-0.1, -0.05) is 0 Å². The van der Waals surface area contributed by atoms with Gasteiger partial charge in [-0.2, -0.15) is 0 Å². The minimum absolute atomic E-state index is 0.140. The van der Waals surface area contributed by atoms with E-state index in [1.165, 1.54) is 0 Å². The summed E-state index contributed by atoms with van der Waals surface area (Å²) in [5.74, 6) is -0.273. The summed E-state index contributed by atoms with van der Waals surface area (Å²) in [6.07, 6.45) is 0.254. The summed E-state index contributed by atoms with van der Waals surface area (Å²) in [4.78, 5) is 10.8. The molecule has 0 aliphatic heterocycles. The number of ether oxygens (including phenoxy) is 1. The molecule has 0 aliphatic carbocycles. The van der Waals surface area contributed by atoms with E-state index >= 15 is 0 Å². The summed E-state index contributed by atoms with van der Waals surface area (Å²) in [5, 5.41) is 20.1. The smallest absolute Gasteiger partial charge is 0.307 e. The van der Waals surface area contributed by atoms with Gasteiger partial charge in [-0.05, 0) is 6.92 Å². The molecular weight excluding hydrogens is 174 g/mol. The highest BCUT2D eigenvalue weighted by atomic mass is 16.5. The average molecular weight is 191 g/mol. The Hall–Kier alpha value is -0.650. The van der Waals surface area contributed by atoms with Gasteiger partial charge < -0.3 is 20.3 Å². The molecule has 0 bridgehead atoms. The van der Waals surface area contributed by atoms with Crippen molar-refractivity contribution in [1.29, 1.82) is 0 Å². The Bertz CT molecular complexity index is 136. The van der Waals surface area contributed by atoms with Crippen LogP contribution in [0.4, 0.5) is 0 Å². The van der Waals surface area contributed by atoms with E-state index in [4.69, 9.17) is 10.2 Å². The number of nitrogens with one attached hydrogen (secondary N) is 1. The Labute approximate surface area is 77.7 Å². The van der Waals surface area contributed by atoms with Crippen molar-refractivity contribution in [3.63, 3.8) is 0 Å². The Morgan fingerprint density at radius 3 is 2.54 bits per heavy atom. The SMILES string of the molecule is CCOC(=O)CCNC(CO)CO. The fourth-order valence-corrected chi connectivity index (χ4v) is 0.798. The van der Waals surface area contributed by atoms with Gasteiger partial charge in [0, 0.05) is 6.54 Å². The fourth-order valence-electron chi connectivity index (χ4n) is 0.798. The molecule has 0 unspecified atom stereocenters. The van der Waals surface area contributed by atoms with Gasteiger partial charge in [0.05, 0.1) is 32.3 Å². The second kappa shape index (κ2) is 7.97. The minimum atomic E-state index is -0.352. The van der Waals surface area contributed by atoms with Gasteiger partial charge in [0.15, 0.2) is 0 Å². The van der Waals surface area contributed by atoms with Gasteiger partial charge >= 0.3 is 5.97 Å². The molecule has 0 fully saturated rings. The lowest BCUT2D eigenvalue weighted by atomic mass is 10.3. The topological polar surface area (TPSA) is 78.8 Å². The van der Waals surface area contributed by atoms with Crippen LogP contribution in [0.15, 0.2) is 0 Å². The summed E-state index contributed by atoms with van der Waals surface area (Å²) in [6.45, 7) is 2.25. The molecule has 0 aromatic heterocycles. The minimum Gasteiger partial charge on any atom is -0.466 e. The van der Waals surface area contributed by atoms with Gasteiger partial charge in [-0.3, -0.25) is 4.79 Å². The molecule has 0 amide bonds. The van der Waals surface area contributed by atoms with Gasteiger partial charge in [-0.25, -0.2) is 0 Å². The molecule has 0 rings (SSSR count). The summed E-state index contributed by atoms with van der Waals surface area (Å²) in [6, 6.07) is -0.352. The van der Waals surface area contributed by atoms with Crippen molar-refractivity contribution in [3.05, 3.63) is 0 Å². The monoisotopic (exact) mass is 191 g/mol. The van der Waals surface area contributed by atoms with Crippen LogP contribution >= 0.6 is 0 Å². The number of rotatable bonds is 7. The standard InChI is InChI=1S/C8H17NO4/c1-2-13-8(12)3-4-9-7(5-10)6-11/h7,9-11H,2-6H2,1H3. The average Bonchev–Trinajstić information content (AvgIpc) is 2.13. The first-order chi connectivity index (χ1) is 6.24. The summed E-state index contributed by atoms with van der Waals surface area (Å²) in [7, 11) is 0. The molecule has 0 aliphatic rings. The van der Waals surface area contributed by atoms with Gasteiger partial charge in [-0.15, -0.1) is 0 Å². The molecule has 0 spiro atoms. The molecule has 3 N–H and O–H groups in total. The van der Waals surface area contributed by atoms with Crippen molar-refractivity contribution in [2.45, 2.75) is 19.4 Å². The van der Waals surface area contributed by atoms with Crippen LogP contribution in [0.3, 0.4) is 0 Å².